The van der Waals surface area contributed by atoms with Crippen molar-refractivity contribution in [3.05, 3.63) is 53.6 Å². The van der Waals surface area contributed by atoms with Gasteiger partial charge in [0.05, 0.1) is 18.7 Å². The molecule has 0 bridgehead atoms. The summed E-state index contributed by atoms with van der Waals surface area (Å²) in [5, 5.41) is 2.73. The third kappa shape index (κ3) is 4.79. The lowest BCUT2D eigenvalue weighted by Gasteiger charge is -2.18. The number of ether oxygens (including phenoxy) is 2. The van der Waals surface area contributed by atoms with Crippen LogP contribution in [0.2, 0.25) is 0 Å². The van der Waals surface area contributed by atoms with Crippen molar-refractivity contribution in [3.63, 3.8) is 0 Å². The van der Waals surface area contributed by atoms with Crippen LogP contribution in [0.3, 0.4) is 0 Å². The van der Waals surface area contributed by atoms with Crippen molar-refractivity contribution in [3.8, 4) is 5.75 Å². The number of rotatable bonds is 6. The first-order valence-electron chi connectivity index (χ1n) is 9.81. The zero-order valence-electron chi connectivity index (χ0n) is 17.6. The second kappa shape index (κ2) is 8.98. The molecule has 2 atom stereocenters. The van der Waals surface area contributed by atoms with Crippen LogP contribution >= 0.6 is 0 Å². The van der Waals surface area contributed by atoms with Crippen LogP contribution in [0.15, 0.2) is 42.5 Å². The number of carbonyl (C=O) groups is 3. The monoisotopic (exact) mass is 410 g/mol. The van der Waals surface area contributed by atoms with E-state index in [4.69, 9.17) is 9.47 Å². The number of hydrogen-bond donors (Lipinski definition) is 1. The van der Waals surface area contributed by atoms with Crippen LogP contribution in [-0.4, -0.2) is 37.5 Å². The Morgan fingerprint density at radius 2 is 1.77 bits per heavy atom. The topological polar surface area (TPSA) is 84.9 Å². The highest BCUT2D eigenvalue weighted by atomic mass is 16.5. The van der Waals surface area contributed by atoms with E-state index in [0.29, 0.717) is 11.4 Å². The van der Waals surface area contributed by atoms with E-state index >= 15 is 0 Å². The largest absolute Gasteiger partial charge is 0.495 e. The molecule has 0 unspecified atom stereocenters. The van der Waals surface area contributed by atoms with Crippen molar-refractivity contribution in [2.45, 2.75) is 33.3 Å². The van der Waals surface area contributed by atoms with Crippen molar-refractivity contribution < 1.29 is 23.9 Å². The van der Waals surface area contributed by atoms with Crippen molar-refractivity contribution in [2.75, 3.05) is 23.9 Å². The number of esters is 1. The summed E-state index contributed by atoms with van der Waals surface area (Å²) >= 11 is 0. The van der Waals surface area contributed by atoms with Crippen molar-refractivity contribution >= 4 is 29.2 Å². The quantitative estimate of drug-likeness (QED) is 0.739. The van der Waals surface area contributed by atoms with Gasteiger partial charge in [-0.15, -0.1) is 0 Å². The van der Waals surface area contributed by atoms with Gasteiger partial charge < -0.3 is 19.7 Å². The molecule has 7 heteroatoms. The van der Waals surface area contributed by atoms with Gasteiger partial charge in [-0.25, -0.2) is 0 Å². The Labute approximate surface area is 176 Å². The number of nitrogens with zero attached hydrogens (tertiary/aromatic N) is 1. The van der Waals surface area contributed by atoms with Crippen LogP contribution < -0.4 is 15.0 Å². The fourth-order valence-electron chi connectivity index (χ4n) is 3.32. The molecular weight excluding hydrogens is 384 g/mol. The Hall–Kier alpha value is -3.35. The molecule has 1 aliphatic heterocycles. The van der Waals surface area contributed by atoms with Crippen molar-refractivity contribution in [1.29, 1.82) is 0 Å². The molecule has 0 saturated carbocycles. The summed E-state index contributed by atoms with van der Waals surface area (Å²) in [6.45, 7) is 5.61. The number of methoxy groups -OCH3 is 1. The van der Waals surface area contributed by atoms with Gasteiger partial charge in [0, 0.05) is 18.7 Å². The number of aryl methyl sites for hydroxylation is 2. The molecular formula is C23H26N2O5. The molecule has 1 heterocycles. The van der Waals surface area contributed by atoms with Gasteiger partial charge in [0.15, 0.2) is 6.10 Å². The van der Waals surface area contributed by atoms with Gasteiger partial charge in [-0.3, -0.25) is 14.4 Å². The molecule has 2 aromatic carbocycles. The SMILES string of the molecule is COc1ccc(C)cc1NC(=O)[C@H](C)OC(=O)[C@H]1CC(=O)N(c2ccc(C)cc2)C1. The Morgan fingerprint density at radius 3 is 2.43 bits per heavy atom. The lowest BCUT2D eigenvalue weighted by atomic mass is 10.1. The van der Waals surface area contributed by atoms with Crippen LogP contribution in [0.5, 0.6) is 5.75 Å². The van der Waals surface area contributed by atoms with E-state index < -0.39 is 23.9 Å². The summed E-state index contributed by atoms with van der Waals surface area (Å²) in [4.78, 5) is 39.0. The first kappa shape index (κ1) is 21.4. The number of amides is 2. The standard InChI is InChI=1S/C23H26N2O5/c1-14-5-8-18(9-6-14)25-13-17(12-21(25)26)23(28)30-16(3)22(27)24-19-11-15(2)7-10-20(19)29-4/h5-11,16-17H,12-13H2,1-4H3,(H,24,27)/t16-,17-/m0/s1. The lowest BCUT2D eigenvalue weighted by molar-refractivity contribution is -0.157. The van der Waals surface area contributed by atoms with Crippen LogP contribution in [0.1, 0.15) is 24.5 Å². The smallest absolute Gasteiger partial charge is 0.312 e. The molecule has 0 radical (unpaired) electrons. The van der Waals surface area contributed by atoms with Gasteiger partial charge in [0.2, 0.25) is 5.91 Å². The molecule has 30 heavy (non-hydrogen) atoms. The van der Waals surface area contributed by atoms with Crippen molar-refractivity contribution in [1.82, 2.24) is 0 Å². The zero-order valence-corrected chi connectivity index (χ0v) is 17.6. The highest BCUT2D eigenvalue weighted by Crippen LogP contribution is 2.27. The minimum Gasteiger partial charge on any atom is -0.495 e. The van der Waals surface area contributed by atoms with Crippen LogP contribution in [0, 0.1) is 19.8 Å². The molecule has 7 nitrogen and oxygen atoms in total. The van der Waals surface area contributed by atoms with E-state index in [-0.39, 0.29) is 18.9 Å². The number of anilines is 2. The van der Waals surface area contributed by atoms with E-state index in [1.165, 1.54) is 14.0 Å². The third-order valence-electron chi connectivity index (χ3n) is 5.08. The molecule has 158 valence electrons. The Balaban J connectivity index is 1.60. The minimum absolute atomic E-state index is 0.0623. The third-order valence-corrected chi connectivity index (χ3v) is 5.08. The van der Waals surface area contributed by atoms with E-state index in [1.54, 1.807) is 17.0 Å². The van der Waals surface area contributed by atoms with E-state index in [1.807, 2.05) is 44.2 Å². The van der Waals surface area contributed by atoms with Crippen LogP contribution in [0.4, 0.5) is 11.4 Å². The molecule has 2 amide bonds. The van der Waals surface area contributed by atoms with Gasteiger partial charge in [-0.2, -0.15) is 0 Å². The highest BCUT2D eigenvalue weighted by molar-refractivity contribution is 6.00. The molecule has 0 aliphatic carbocycles. The molecule has 0 spiro atoms. The summed E-state index contributed by atoms with van der Waals surface area (Å²) in [5.41, 5.74) is 3.30. The molecule has 1 saturated heterocycles. The molecule has 1 aliphatic rings. The van der Waals surface area contributed by atoms with Crippen LogP contribution in [-0.2, 0) is 19.1 Å². The summed E-state index contributed by atoms with van der Waals surface area (Å²) in [5.74, 6) is -1.25. The maximum Gasteiger partial charge on any atom is 0.312 e. The normalized spacial score (nSPS) is 16.9. The summed E-state index contributed by atoms with van der Waals surface area (Å²) in [6, 6.07) is 12.9. The molecule has 2 aromatic rings. The number of hydrogen-bond acceptors (Lipinski definition) is 5. The number of nitrogens with one attached hydrogen (secondary N) is 1. The van der Waals surface area contributed by atoms with Gasteiger partial charge >= 0.3 is 5.97 Å². The second-order valence-electron chi connectivity index (χ2n) is 7.51. The summed E-state index contributed by atoms with van der Waals surface area (Å²) in [7, 11) is 1.51. The number of benzene rings is 2. The van der Waals surface area contributed by atoms with Crippen LogP contribution in [0.25, 0.3) is 0 Å². The first-order chi connectivity index (χ1) is 14.3. The van der Waals surface area contributed by atoms with Gasteiger partial charge in [0.1, 0.15) is 5.75 Å². The lowest BCUT2D eigenvalue weighted by Crippen LogP contribution is -2.33. The van der Waals surface area contributed by atoms with E-state index in [2.05, 4.69) is 5.32 Å². The second-order valence-corrected chi connectivity index (χ2v) is 7.51. The molecule has 3 rings (SSSR count). The Bertz CT molecular complexity index is 955. The molecule has 0 aromatic heterocycles. The highest BCUT2D eigenvalue weighted by Gasteiger charge is 2.37. The van der Waals surface area contributed by atoms with E-state index in [0.717, 1.165) is 16.8 Å². The average Bonchev–Trinajstić information content (AvgIpc) is 3.10. The maximum atomic E-state index is 12.6. The van der Waals surface area contributed by atoms with E-state index in [9.17, 15) is 14.4 Å². The fourth-order valence-corrected chi connectivity index (χ4v) is 3.32. The first-order valence-corrected chi connectivity index (χ1v) is 9.81. The van der Waals surface area contributed by atoms with Crippen molar-refractivity contribution in [2.24, 2.45) is 5.92 Å². The zero-order chi connectivity index (χ0) is 21.8. The summed E-state index contributed by atoms with van der Waals surface area (Å²) < 4.78 is 10.6. The summed E-state index contributed by atoms with van der Waals surface area (Å²) in [6.07, 6.45) is -0.946. The predicted molar refractivity (Wildman–Crippen MR) is 114 cm³/mol. The van der Waals surface area contributed by atoms with Gasteiger partial charge in [-0.1, -0.05) is 23.8 Å². The minimum atomic E-state index is -1.01. The Morgan fingerprint density at radius 1 is 1.10 bits per heavy atom. The molecule has 1 fully saturated rings. The van der Waals surface area contributed by atoms with Gasteiger partial charge in [-0.05, 0) is 50.6 Å². The fraction of sp³-hybridized carbons (Fsp3) is 0.348. The Kier molecular flexibility index (Phi) is 6.40. The molecule has 1 N–H and O–H groups in total. The predicted octanol–water partition coefficient (Wildman–Crippen LogP) is 3.24. The van der Waals surface area contributed by atoms with Gasteiger partial charge in [0.25, 0.3) is 5.91 Å². The maximum absolute atomic E-state index is 12.6. The number of carbonyl (C=O) groups excluding carboxylic acids is 3. The average molecular weight is 410 g/mol.